The number of anilines is 2. The third-order valence-electron chi connectivity index (χ3n) is 4.50. The Hall–Kier alpha value is -4.39. The zero-order valence-corrected chi connectivity index (χ0v) is 18.3. The first-order valence-corrected chi connectivity index (χ1v) is 9.87. The average molecular weight is 516 g/mol. The second kappa shape index (κ2) is 9.40. The van der Waals surface area contributed by atoms with Crippen LogP contribution in [-0.4, -0.2) is 26.1 Å². The normalized spacial score (nSPS) is 10.8. The number of nitrogens with zero attached hydrogens (tertiary/aromatic N) is 4. The maximum Gasteiger partial charge on any atom is 0.306 e. The molecule has 0 aromatic heterocycles. The SMILES string of the molecule is Cc1ccc(Nc2c([N+](=O)[O-])cc([N+](=O)[O-])cc2[N+](=O)[O-])cc1N=Cc1cc(Br)ccc1O. The monoisotopic (exact) mass is 515 g/mol. The van der Waals surface area contributed by atoms with Crippen LogP contribution in [0.5, 0.6) is 5.75 Å². The fraction of sp³-hybridized carbons (Fsp3) is 0.0500. The molecule has 0 saturated heterocycles. The Labute approximate surface area is 193 Å². The zero-order valence-electron chi connectivity index (χ0n) is 16.8. The van der Waals surface area contributed by atoms with Gasteiger partial charge in [0.1, 0.15) is 5.75 Å². The van der Waals surface area contributed by atoms with Gasteiger partial charge in [-0.1, -0.05) is 22.0 Å². The highest BCUT2D eigenvalue weighted by atomic mass is 79.9. The fourth-order valence-corrected chi connectivity index (χ4v) is 3.24. The van der Waals surface area contributed by atoms with E-state index in [9.17, 15) is 35.4 Å². The number of halogens is 1. The van der Waals surface area contributed by atoms with Gasteiger partial charge in [0.25, 0.3) is 5.69 Å². The van der Waals surface area contributed by atoms with Crippen molar-refractivity contribution in [2.45, 2.75) is 6.92 Å². The molecule has 0 radical (unpaired) electrons. The number of aliphatic imine (C=N–C) groups is 1. The van der Waals surface area contributed by atoms with E-state index < -0.39 is 37.5 Å². The topological polar surface area (TPSA) is 174 Å². The van der Waals surface area contributed by atoms with Crippen molar-refractivity contribution in [1.29, 1.82) is 0 Å². The number of benzene rings is 3. The summed E-state index contributed by atoms with van der Waals surface area (Å²) >= 11 is 3.30. The van der Waals surface area contributed by atoms with Crippen molar-refractivity contribution in [3.05, 3.63) is 94.5 Å². The first-order chi connectivity index (χ1) is 15.6. The summed E-state index contributed by atoms with van der Waals surface area (Å²) in [6, 6.07) is 10.8. The fourth-order valence-electron chi connectivity index (χ4n) is 2.86. The van der Waals surface area contributed by atoms with Crippen LogP contribution in [0, 0.1) is 37.3 Å². The van der Waals surface area contributed by atoms with Gasteiger partial charge in [-0.05, 0) is 42.8 Å². The van der Waals surface area contributed by atoms with Crippen LogP contribution in [-0.2, 0) is 0 Å². The van der Waals surface area contributed by atoms with Crippen LogP contribution in [0.4, 0.5) is 34.1 Å². The lowest BCUT2D eigenvalue weighted by atomic mass is 10.1. The van der Waals surface area contributed by atoms with Crippen LogP contribution < -0.4 is 5.32 Å². The Morgan fingerprint density at radius 1 is 0.939 bits per heavy atom. The second-order valence-corrected chi connectivity index (χ2v) is 7.63. The van der Waals surface area contributed by atoms with Crippen LogP contribution in [0.3, 0.4) is 0 Å². The second-order valence-electron chi connectivity index (χ2n) is 6.72. The molecule has 12 nitrogen and oxygen atoms in total. The van der Waals surface area contributed by atoms with Crippen molar-refractivity contribution in [2.75, 3.05) is 5.32 Å². The maximum atomic E-state index is 11.5. The minimum absolute atomic E-state index is 0.00557. The average Bonchev–Trinajstić information content (AvgIpc) is 2.75. The Morgan fingerprint density at radius 3 is 2.15 bits per heavy atom. The molecule has 0 aliphatic heterocycles. The highest BCUT2D eigenvalue weighted by molar-refractivity contribution is 9.10. The number of phenolic OH excluding ortho intramolecular Hbond substituents is 1. The summed E-state index contributed by atoms with van der Waals surface area (Å²) in [6.07, 6.45) is 1.42. The molecule has 33 heavy (non-hydrogen) atoms. The first kappa shape index (κ1) is 23.3. The minimum Gasteiger partial charge on any atom is -0.507 e. The summed E-state index contributed by atoms with van der Waals surface area (Å²) in [5.74, 6) is 0.00557. The number of aryl methyl sites for hydroxylation is 1. The van der Waals surface area contributed by atoms with E-state index in [0.29, 0.717) is 23.4 Å². The summed E-state index contributed by atoms with van der Waals surface area (Å²) in [6.45, 7) is 1.76. The molecule has 3 rings (SSSR count). The van der Waals surface area contributed by atoms with Gasteiger partial charge >= 0.3 is 11.4 Å². The van der Waals surface area contributed by atoms with Crippen molar-refractivity contribution >= 4 is 56.3 Å². The van der Waals surface area contributed by atoms with E-state index in [2.05, 4.69) is 26.2 Å². The summed E-state index contributed by atoms with van der Waals surface area (Å²) in [7, 11) is 0. The van der Waals surface area contributed by atoms with Gasteiger partial charge in [0.2, 0.25) is 0 Å². The molecule has 0 aliphatic carbocycles. The van der Waals surface area contributed by atoms with Gasteiger partial charge in [-0.25, -0.2) is 0 Å². The van der Waals surface area contributed by atoms with Gasteiger partial charge in [-0.15, -0.1) is 0 Å². The number of hydrogen-bond donors (Lipinski definition) is 2. The Morgan fingerprint density at radius 2 is 1.58 bits per heavy atom. The molecule has 0 fully saturated rings. The van der Waals surface area contributed by atoms with Gasteiger partial charge < -0.3 is 10.4 Å². The number of aromatic hydroxyl groups is 1. The molecule has 3 aromatic carbocycles. The highest BCUT2D eigenvalue weighted by Crippen LogP contribution is 2.40. The van der Waals surface area contributed by atoms with Crippen molar-refractivity contribution in [3.63, 3.8) is 0 Å². The van der Waals surface area contributed by atoms with Crippen molar-refractivity contribution in [2.24, 2.45) is 4.99 Å². The Balaban J connectivity index is 2.05. The van der Waals surface area contributed by atoms with Crippen molar-refractivity contribution in [3.8, 4) is 5.75 Å². The first-order valence-electron chi connectivity index (χ1n) is 9.08. The summed E-state index contributed by atoms with van der Waals surface area (Å²) < 4.78 is 0.728. The lowest BCUT2D eigenvalue weighted by molar-refractivity contribution is -0.401. The maximum absolute atomic E-state index is 11.5. The summed E-state index contributed by atoms with van der Waals surface area (Å²) in [4.78, 5) is 35.5. The van der Waals surface area contributed by atoms with Gasteiger partial charge in [-0.3, -0.25) is 35.3 Å². The molecule has 168 valence electrons. The molecule has 0 amide bonds. The number of rotatable bonds is 7. The third kappa shape index (κ3) is 5.27. The predicted octanol–water partition coefficient (Wildman–Crippen LogP) is 5.68. The number of nitro benzene ring substituents is 3. The number of nitro groups is 3. The lowest BCUT2D eigenvalue weighted by Gasteiger charge is -2.10. The molecular weight excluding hydrogens is 502 g/mol. The highest BCUT2D eigenvalue weighted by Gasteiger charge is 2.30. The molecule has 0 unspecified atom stereocenters. The zero-order chi connectivity index (χ0) is 24.3. The number of phenols is 1. The molecule has 2 N–H and O–H groups in total. The van der Waals surface area contributed by atoms with Crippen LogP contribution in [0.1, 0.15) is 11.1 Å². The Bertz CT molecular complexity index is 1290. The number of nitrogens with one attached hydrogen (secondary N) is 1. The lowest BCUT2D eigenvalue weighted by Crippen LogP contribution is -2.03. The van der Waals surface area contributed by atoms with Crippen LogP contribution >= 0.6 is 15.9 Å². The largest absolute Gasteiger partial charge is 0.507 e. The number of hydrogen-bond acceptors (Lipinski definition) is 9. The standard InChI is InChI=1S/C20H14BrN5O7/c1-11-2-4-14(7-16(11)22-10-12-6-13(21)3-5-19(12)27)23-20-17(25(30)31)8-15(24(28)29)9-18(20)26(32)33/h2-10,23,27H,1H3. The molecule has 13 heteroatoms. The van der Waals surface area contributed by atoms with E-state index >= 15 is 0 Å². The van der Waals surface area contributed by atoms with E-state index in [-0.39, 0.29) is 11.4 Å². The van der Waals surface area contributed by atoms with E-state index in [0.717, 1.165) is 10.0 Å². The third-order valence-corrected chi connectivity index (χ3v) is 4.99. The van der Waals surface area contributed by atoms with Gasteiger partial charge in [-0.2, -0.15) is 0 Å². The smallest absolute Gasteiger partial charge is 0.306 e. The quantitative estimate of drug-likeness (QED) is 0.229. The Kier molecular flexibility index (Phi) is 6.63. The molecule has 0 spiro atoms. The van der Waals surface area contributed by atoms with E-state index in [1.54, 1.807) is 25.1 Å². The summed E-state index contributed by atoms with van der Waals surface area (Å²) in [5.41, 5.74) is -1.11. The number of non-ortho nitro benzene ring substituents is 1. The van der Waals surface area contributed by atoms with E-state index in [1.807, 2.05) is 0 Å². The van der Waals surface area contributed by atoms with Crippen molar-refractivity contribution < 1.29 is 19.9 Å². The minimum atomic E-state index is -0.945. The van der Waals surface area contributed by atoms with E-state index in [4.69, 9.17) is 0 Å². The van der Waals surface area contributed by atoms with Gasteiger partial charge in [0, 0.05) is 21.9 Å². The molecule has 0 heterocycles. The molecule has 0 bridgehead atoms. The van der Waals surface area contributed by atoms with Crippen molar-refractivity contribution in [1.82, 2.24) is 0 Å². The van der Waals surface area contributed by atoms with Crippen LogP contribution in [0.15, 0.2) is 58.0 Å². The van der Waals surface area contributed by atoms with Gasteiger partial charge in [0.15, 0.2) is 5.69 Å². The molecular formula is C20H14BrN5O7. The van der Waals surface area contributed by atoms with Crippen LogP contribution in [0.2, 0.25) is 0 Å². The molecule has 3 aromatic rings. The molecule has 0 atom stereocenters. The predicted molar refractivity (Wildman–Crippen MR) is 124 cm³/mol. The molecule has 0 aliphatic rings. The molecule has 0 saturated carbocycles. The van der Waals surface area contributed by atoms with Gasteiger partial charge in [0.05, 0.1) is 32.6 Å². The summed E-state index contributed by atoms with van der Waals surface area (Å²) in [5, 5.41) is 46.6. The van der Waals surface area contributed by atoms with Crippen LogP contribution in [0.25, 0.3) is 0 Å². The van der Waals surface area contributed by atoms with E-state index in [1.165, 1.54) is 24.4 Å².